The first kappa shape index (κ1) is 30.7. The molecule has 0 heterocycles. The summed E-state index contributed by atoms with van der Waals surface area (Å²) in [4.78, 5) is 24.9. The summed E-state index contributed by atoms with van der Waals surface area (Å²) in [7, 11) is 0. The SMILES string of the molecule is CSCCC(NC(=O)c1ccc(COCc2ccc(C(C)C)cc2)cc1-c1ccccc1C)C(=O)O.[H-].[Li+]. The van der Waals surface area contributed by atoms with Crippen LogP contribution in [-0.2, 0) is 22.7 Å². The van der Waals surface area contributed by atoms with E-state index in [1.165, 1.54) is 5.56 Å². The maximum Gasteiger partial charge on any atom is 1.00 e. The molecular formula is C30H36LiNO4S. The molecule has 3 aromatic rings. The van der Waals surface area contributed by atoms with Crippen molar-refractivity contribution in [2.75, 3.05) is 12.0 Å². The predicted molar refractivity (Wildman–Crippen MR) is 149 cm³/mol. The van der Waals surface area contributed by atoms with Gasteiger partial charge in [-0.2, -0.15) is 11.8 Å². The van der Waals surface area contributed by atoms with Crippen LogP contribution in [0.3, 0.4) is 0 Å². The standard InChI is InChI=1S/C30H35NO4S.Li.H/c1-20(2)24-12-9-22(10-13-24)18-35-19-23-11-14-26(27(17-23)25-8-6-5-7-21(25)3)29(32)31-28(30(33)34)15-16-36-4;;/h5-14,17,20,28H,15-16,18-19H2,1-4H3,(H,31,32)(H,33,34);;/q;+1;-1. The minimum atomic E-state index is -1.03. The van der Waals surface area contributed by atoms with Crippen molar-refractivity contribution in [2.45, 2.75) is 52.4 Å². The van der Waals surface area contributed by atoms with Crippen LogP contribution in [0.2, 0.25) is 0 Å². The van der Waals surface area contributed by atoms with Crippen LogP contribution >= 0.6 is 11.8 Å². The van der Waals surface area contributed by atoms with E-state index < -0.39 is 12.0 Å². The van der Waals surface area contributed by atoms with Crippen LogP contribution in [0.1, 0.15) is 60.2 Å². The van der Waals surface area contributed by atoms with Crippen molar-refractivity contribution >= 4 is 23.6 Å². The van der Waals surface area contributed by atoms with Gasteiger partial charge in [0.2, 0.25) is 0 Å². The van der Waals surface area contributed by atoms with Gasteiger partial charge in [0.25, 0.3) is 5.91 Å². The van der Waals surface area contributed by atoms with E-state index in [4.69, 9.17) is 4.74 Å². The van der Waals surface area contributed by atoms with Crippen LogP contribution in [0.4, 0.5) is 0 Å². The van der Waals surface area contributed by atoms with Gasteiger partial charge in [-0.15, -0.1) is 0 Å². The first-order valence-corrected chi connectivity index (χ1v) is 13.6. The number of ether oxygens (including phenoxy) is 1. The zero-order valence-corrected chi connectivity index (χ0v) is 23.2. The Morgan fingerprint density at radius 2 is 1.62 bits per heavy atom. The zero-order valence-electron chi connectivity index (χ0n) is 23.4. The van der Waals surface area contributed by atoms with Crippen LogP contribution in [0.25, 0.3) is 11.1 Å². The van der Waals surface area contributed by atoms with Gasteiger partial charge in [-0.3, -0.25) is 4.79 Å². The Morgan fingerprint density at radius 3 is 2.24 bits per heavy atom. The average molecular weight is 514 g/mol. The average Bonchev–Trinajstić information content (AvgIpc) is 2.86. The molecule has 192 valence electrons. The number of benzene rings is 3. The molecule has 0 aliphatic rings. The molecule has 7 heteroatoms. The molecule has 0 fully saturated rings. The number of hydrogen-bond donors (Lipinski definition) is 2. The minimum Gasteiger partial charge on any atom is -1.00 e. The summed E-state index contributed by atoms with van der Waals surface area (Å²) in [5, 5.41) is 12.3. The summed E-state index contributed by atoms with van der Waals surface area (Å²) in [5.41, 5.74) is 6.54. The number of carbonyl (C=O) groups is 2. The van der Waals surface area contributed by atoms with Crippen molar-refractivity contribution in [3.63, 3.8) is 0 Å². The van der Waals surface area contributed by atoms with E-state index >= 15 is 0 Å². The first-order chi connectivity index (χ1) is 17.3. The van der Waals surface area contributed by atoms with Crippen LogP contribution in [0, 0.1) is 6.92 Å². The predicted octanol–water partition coefficient (Wildman–Crippen LogP) is 3.55. The molecule has 0 spiro atoms. The number of thioether (sulfide) groups is 1. The number of carboxylic acids is 1. The van der Waals surface area contributed by atoms with E-state index in [1.54, 1.807) is 17.8 Å². The van der Waals surface area contributed by atoms with Gasteiger partial charge < -0.3 is 16.6 Å². The van der Waals surface area contributed by atoms with E-state index in [0.29, 0.717) is 36.9 Å². The monoisotopic (exact) mass is 513 g/mol. The molecule has 1 amide bonds. The third-order valence-electron chi connectivity index (χ3n) is 6.16. The fourth-order valence-corrected chi connectivity index (χ4v) is 4.46. The second-order valence-electron chi connectivity index (χ2n) is 9.23. The molecule has 3 rings (SSSR count). The maximum absolute atomic E-state index is 13.2. The summed E-state index contributed by atoms with van der Waals surface area (Å²) < 4.78 is 5.99. The number of aryl methyl sites for hydroxylation is 1. The molecular weight excluding hydrogens is 477 g/mol. The molecule has 3 aromatic carbocycles. The van der Waals surface area contributed by atoms with Gasteiger partial charge in [-0.05, 0) is 76.8 Å². The molecule has 37 heavy (non-hydrogen) atoms. The van der Waals surface area contributed by atoms with E-state index in [-0.39, 0.29) is 26.2 Å². The van der Waals surface area contributed by atoms with E-state index in [2.05, 4.69) is 43.4 Å². The molecule has 0 saturated heterocycles. The van der Waals surface area contributed by atoms with Crippen LogP contribution < -0.4 is 24.2 Å². The van der Waals surface area contributed by atoms with E-state index in [1.807, 2.05) is 49.6 Å². The molecule has 0 saturated carbocycles. The van der Waals surface area contributed by atoms with Crippen molar-refractivity contribution in [3.8, 4) is 11.1 Å². The summed E-state index contributed by atoms with van der Waals surface area (Å²) >= 11 is 1.55. The van der Waals surface area contributed by atoms with Crippen molar-refractivity contribution in [2.24, 2.45) is 0 Å². The molecule has 0 radical (unpaired) electrons. The summed E-state index contributed by atoms with van der Waals surface area (Å²) in [6.45, 7) is 7.24. The second kappa shape index (κ2) is 15.0. The van der Waals surface area contributed by atoms with Gasteiger partial charge in [0, 0.05) is 5.56 Å². The molecule has 0 bridgehead atoms. The Morgan fingerprint density at radius 1 is 0.973 bits per heavy atom. The topological polar surface area (TPSA) is 75.6 Å². The summed E-state index contributed by atoms with van der Waals surface area (Å²) in [6.07, 6.45) is 2.28. The Hall–Kier alpha value is -2.49. The smallest absolute Gasteiger partial charge is 1.00 e. The number of carbonyl (C=O) groups excluding carboxylic acids is 1. The number of amides is 1. The Kier molecular flexibility index (Phi) is 12.5. The summed E-state index contributed by atoms with van der Waals surface area (Å²) in [6, 6.07) is 21.0. The largest absolute Gasteiger partial charge is 1.00 e. The zero-order chi connectivity index (χ0) is 26.1. The number of nitrogens with one attached hydrogen (secondary N) is 1. The van der Waals surface area contributed by atoms with Gasteiger partial charge in [-0.1, -0.05) is 68.4 Å². The number of hydrogen-bond acceptors (Lipinski definition) is 4. The summed E-state index contributed by atoms with van der Waals surface area (Å²) in [5.74, 6) is -0.272. The molecule has 2 N–H and O–H groups in total. The molecule has 1 atom stereocenters. The van der Waals surface area contributed by atoms with Gasteiger partial charge in [0.05, 0.1) is 13.2 Å². The van der Waals surface area contributed by atoms with Crippen molar-refractivity contribution in [1.82, 2.24) is 5.32 Å². The van der Waals surface area contributed by atoms with Gasteiger partial charge >= 0.3 is 24.8 Å². The van der Waals surface area contributed by atoms with E-state index in [0.717, 1.165) is 27.8 Å². The van der Waals surface area contributed by atoms with Crippen molar-refractivity contribution in [1.29, 1.82) is 0 Å². The van der Waals surface area contributed by atoms with Crippen LogP contribution in [0.15, 0.2) is 66.7 Å². The van der Waals surface area contributed by atoms with Crippen molar-refractivity contribution in [3.05, 3.63) is 94.5 Å². The van der Waals surface area contributed by atoms with Crippen molar-refractivity contribution < 1.29 is 39.7 Å². The maximum atomic E-state index is 13.2. The van der Waals surface area contributed by atoms with Gasteiger partial charge in [0.15, 0.2) is 0 Å². The van der Waals surface area contributed by atoms with Gasteiger partial charge in [-0.25, -0.2) is 4.79 Å². The third-order valence-corrected chi connectivity index (χ3v) is 6.81. The minimum absolute atomic E-state index is 0. The molecule has 5 nitrogen and oxygen atoms in total. The number of rotatable bonds is 12. The normalized spacial score (nSPS) is 11.6. The first-order valence-electron chi connectivity index (χ1n) is 12.2. The molecule has 0 aromatic heterocycles. The Balaban J connectivity index is 0.00000361. The molecule has 0 aliphatic heterocycles. The third kappa shape index (κ3) is 8.79. The number of carboxylic acid groups (broad SMARTS) is 1. The molecule has 1 unspecified atom stereocenters. The fraction of sp³-hybridized carbons (Fsp3) is 0.333. The Bertz CT molecular complexity index is 1190. The number of aliphatic carboxylic acids is 1. The van der Waals surface area contributed by atoms with Gasteiger partial charge in [0.1, 0.15) is 6.04 Å². The molecule has 0 aliphatic carbocycles. The second-order valence-corrected chi connectivity index (χ2v) is 10.2. The van der Waals surface area contributed by atoms with Crippen LogP contribution in [-0.4, -0.2) is 35.0 Å². The Labute approximate surface area is 238 Å². The van der Waals surface area contributed by atoms with Crippen LogP contribution in [0.5, 0.6) is 0 Å². The fourth-order valence-electron chi connectivity index (χ4n) is 3.99. The quantitative estimate of drug-likeness (QED) is 0.363. The van der Waals surface area contributed by atoms with E-state index in [9.17, 15) is 14.7 Å².